The van der Waals surface area contributed by atoms with Crippen LogP contribution in [0.15, 0.2) is 23.6 Å². The number of nitrogens with one attached hydrogen (secondary N) is 1. The van der Waals surface area contributed by atoms with Gasteiger partial charge >= 0.3 is 0 Å². The van der Waals surface area contributed by atoms with Gasteiger partial charge in [-0.25, -0.2) is 4.98 Å². The first-order valence-corrected chi connectivity index (χ1v) is 6.94. The summed E-state index contributed by atoms with van der Waals surface area (Å²) in [6.07, 6.45) is 0.427. The summed E-state index contributed by atoms with van der Waals surface area (Å²) in [4.78, 5) is 15.6. The molecule has 0 saturated heterocycles. The minimum Gasteiger partial charge on any atom is -0.302 e. The third kappa shape index (κ3) is 3.02. The van der Waals surface area contributed by atoms with Gasteiger partial charge in [-0.1, -0.05) is 30.1 Å². The Bertz CT molecular complexity index is 583. The molecule has 2 rings (SSSR count). The average molecular weight is 301 g/mol. The molecule has 18 heavy (non-hydrogen) atoms. The molecule has 0 aliphatic rings. The zero-order valence-corrected chi connectivity index (χ0v) is 11.9. The van der Waals surface area contributed by atoms with E-state index in [0.29, 0.717) is 21.6 Å². The van der Waals surface area contributed by atoms with Crippen molar-refractivity contribution in [3.05, 3.63) is 33.6 Å². The average Bonchev–Trinajstić information content (AvgIpc) is 2.77. The molecule has 0 aliphatic carbocycles. The first-order chi connectivity index (χ1) is 8.60. The molecule has 0 unspecified atom stereocenters. The zero-order chi connectivity index (χ0) is 13.1. The van der Waals surface area contributed by atoms with E-state index < -0.39 is 0 Å². The van der Waals surface area contributed by atoms with Crippen molar-refractivity contribution in [1.29, 1.82) is 0 Å². The van der Waals surface area contributed by atoms with E-state index in [4.69, 9.17) is 23.2 Å². The number of halogens is 2. The van der Waals surface area contributed by atoms with E-state index in [-0.39, 0.29) is 5.91 Å². The Kier molecular flexibility index (Phi) is 4.22. The molecule has 0 spiro atoms. The van der Waals surface area contributed by atoms with E-state index >= 15 is 0 Å². The van der Waals surface area contributed by atoms with Gasteiger partial charge in [-0.15, -0.1) is 11.3 Å². The van der Waals surface area contributed by atoms with Crippen LogP contribution in [0.5, 0.6) is 0 Å². The highest BCUT2D eigenvalue weighted by atomic mass is 35.5. The number of rotatable bonds is 3. The number of hydrogen-bond acceptors (Lipinski definition) is 3. The van der Waals surface area contributed by atoms with Crippen molar-refractivity contribution in [1.82, 2.24) is 4.98 Å². The second-order valence-electron chi connectivity index (χ2n) is 3.56. The van der Waals surface area contributed by atoms with E-state index in [0.717, 1.165) is 11.3 Å². The number of anilines is 1. The van der Waals surface area contributed by atoms with Crippen LogP contribution < -0.4 is 5.32 Å². The van der Waals surface area contributed by atoms with Crippen LogP contribution in [0.3, 0.4) is 0 Å². The summed E-state index contributed by atoms with van der Waals surface area (Å²) in [5.41, 5.74) is 1.53. The molecule has 1 aromatic heterocycles. The van der Waals surface area contributed by atoms with Gasteiger partial charge in [0.1, 0.15) is 0 Å². The quantitative estimate of drug-likeness (QED) is 0.909. The number of thiazole rings is 1. The molecular weight excluding hydrogens is 291 g/mol. The van der Waals surface area contributed by atoms with Crippen LogP contribution in [0.2, 0.25) is 10.0 Å². The molecule has 1 aromatic carbocycles. The second kappa shape index (κ2) is 5.69. The first-order valence-electron chi connectivity index (χ1n) is 5.31. The van der Waals surface area contributed by atoms with Gasteiger partial charge < -0.3 is 5.32 Å². The molecule has 0 saturated carbocycles. The number of amides is 1. The lowest BCUT2D eigenvalue weighted by Gasteiger charge is -2.01. The summed E-state index contributed by atoms with van der Waals surface area (Å²) >= 11 is 13.3. The van der Waals surface area contributed by atoms with Crippen molar-refractivity contribution in [2.24, 2.45) is 0 Å². The fourth-order valence-electron chi connectivity index (χ4n) is 1.36. The normalized spacial score (nSPS) is 10.4. The molecular formula is C12H10Cl2N2OS. The van der Waals surface area contributed by atoms with Crippen LogP contribution in [-0.4, -0.2) is 10.9 Å². The predicted octanol–water partition coefficient (Wildman–Crippen LogP) is 4.47. The molecule has 1 heterocycles. The lowest BCUT2D eigenvalue weighted by Crippen LogP contribution is -2.08. The second-order valence-corrected chi connectivity index (χ2v) is 5.27. The Morgan fingerprint density at radius 1 is 1.44 bits per heavy atom. The maximum Gasteiger partial charge on any atom is 0.225 e. The lowest BCUT2D eigenvalue weighted by atomic mass is 10.2. The number of aromatic nitrogens is 1. The van der Waals surface area contributed by atoms with Crippen LogP contribution in [-0.2, 0) is 4.79 Å². The Morgan fingerprint density at radius 2 is 2.22 bits per heavy atom. The van der Waals surface area contributed by atoms with Crippen LogP contribution in [0, 0.1) is 0 Å². The summed E-state index contributed by atoms with van der Waals surface area (Å²) in [7, 11) is 0. The van der Waals surface area contributed by atoms with E-state index in [1.54, 1.807) is 19.1 Å². The fourth-order valence-corrected chi connectivity index (χ4v) is 2.59. The smallest absolute Gasteiger partial charge is 0.225 e. The van der Waals surface area contributed by atoms with E-state index in [1.807, 2.05) is 11.4 Å². The molecule has 94 valence electrons. The highest BCUT2D eigenvalue weighted by Crippen LogP contribution is 2.32. The molecule has 6 heteroatoms. The van der Waals surface area contributed by atoms with Crippen LogP contribution in [0.4, 0.5) is 5.13 Å². The molecule has 0 aliphatic heterocycles. The standard InChI is InChI=1S/C12H10Cl2N2OS/c1-2-11(17)16-12-15-10(6-18-12)8-4-3-7(13)5-9(8)14/h3-6H,2H2,1H3,(H,15,16,17). The van der Waals surface area contributed by atoms with Gasteiger partial charge in [-0.3, -0.25) is 4.79 Å². The van der Waals surface area contributed by atoms with Crippen LogP contribution in [0.1, 0.15) is 13.3 Å². The monoisotopic (exact) mass is 300 g/mol. The molecule has 0 radical (unpaired) electrons. The maximum absolute atomic E-state index is 11.3. The molecule has 0 atom stereocenters. The summed E-state index contributed by atoms with van der Waals surface area (Å²) in [6.45, 7) is 1.79. The van der Waals surface area contributed by atoms with Crippen LogP contribution >= 0.6 is 34.5 Å². The summed E-state index contributed by atoms with van der Waals surface area (Å²) in [5.74, 6) is -0.0573. The van der Waals surface area contributed by atoms with Crippen molar-refractivity contribution in [3.63, 3.8) is 0 Å². The Labute approximate surface area is 119 Å². The minimum atomic E-state index is -0.0573. The summed E-state index contributed by atoms with van der Waals surface area (Å²) < 4.78 is 0. The molecule has 3 nitrogen and oxygen atoms in total. The van der Waals surface area contributed by atoms with Crippen molar-refractivity contribution >= 4 is 45.6 Å². The zero-order valence-electron chi connectivity index (χ0n) is 9.54. The number of carbonyl (C=O) groups is 1. The van der Waals surface area contributed by atoms with Crippen molar-refractivity contribution < 1.29 is 4.79 Å². The van der Waals surface area contributed by atoms with Crippen molar-refractivity contribution in [2.45, 2.75) is 13.3 Å². The van der Waals surface area contributed by atoms with Crippen molar-refractivity contribution in [3.8, 4) is 11.3 Å². The molecule has 1 N–H and O–H groups in total. The van der Waals surface area contributed by atoms with Gasteiger partial charge in [-0.2, -0.15) is 0 Å². The van der Waals surface area contributed by atoms with Gasteiger partial charge in [-0.05, 0) is 18.2 Å². The van der Waals surface area contributed by atoms with Gasteiger partial charge in [0.15, 0.2) is 5.13 Å². The van der Waals surface area contributed by atoms with Crippen LogP contribution in [0.25, 0.3) is 11.3 Å². The highest BCUT2D eigenvalue weighted by Gasteiger charge is 2.09. The van der Waals surface area contributed by atoms with Gasteiger partial charge in [0.25, 0.3) is 0 Å². The van der Waals surface area contributed by atoms with Gasteiger partial charge in [0, 0.05) is 22.4 Å². The fraction of sp³-hybridized carbons (Fsp3) is 0.167. The van der Waals surface area contributed by atoms with E-state index in [2.05, 4.69) is 10.3 Å². The number of hydrogen-bond donors (Lipinski definition) is 1. The molecule has 0 bridgehead atoms. The molecule has 0 fully saturated rings. The van der Waals surface area contributed by atoms with E-state index in [9.17, 15) is 4.79 Å². The third-order valence-corrected chi connectivity index (χ3v) is 3.58. The largest absolute Gasteiger partial charge is 0.302 e. The van der Waals surface area contributed by atoms with Gasteiger partial charge in [0.05, 0.1) is 10.7 Å². The Morgan fingerprint density at radius 3 is 2.89 bits per heavy atom. The molecule has 1 amide bonds. The third-order valence-electron chi connectivity index (χ3n) is 2.28. The number of carbonyl (C=O) groups excluding carboxylic acids is 1. The topological polar surface area (TPSA) is 42.0 Å². The lowest BCUT2D eigenvalue weighted by molar-refractivity contribution is -0.115. The maximum atomic E-state index is 11.3. The van der Waals surface area contributed by atoms with E-state index in [1.165, 1.54) is 11.3 Å². The summed E-state index contributed by atoms with van der Waals surface area (Å²) in [5, 5.41) is 6.26. The first kappa shape index (κ1) is 13.3. The Balaban J connectivity index is 2.26. The number of nitrogens with zero attached hydrogens (tertiary/aromatic N) is 1. The highest BCUT2D eigenvalue weighted by molar-refractivity contribution is 7.14. The Hall–Kier alpha value is -1.10. The minimum absolute atomic E-state index is 0.0573. The predicted molar refractivity (Wildman–Crippen MR) is 76.5 cm³/mol. The molecule has 2 aromatic rings. The summed E-state index contributed by atoms with van der Waals surface area (Å²) in [6, 6.07) is 5.24. The number of benzene rings is 1. The van der Waals surface area contributed by atoms with Gasteiger partial charge in [0.2, 0.25) is 5.91 Å². The van der Waals surface area contributed by atoms with Crippen molar-refractivity contribution in [2.75, 3.05) is 5.32 Å². The SMILES string of the molecule is CCC(=O)Nc1nc(-c2ccc(Cl)cc2Cl)cs1.